The van der Waals surface area contributed by atoms with E-state index in [0.717, 1.165) is 11.1 Å². The first-order valence-corrected chi connectivity index (χ1v) is 8.13. The Hall–Kier alpha value is -1.85. The lowest BCUT2D eigenvalue weighted by molar-refractivity contribution is -0.199. The number of alkyl halides is 3. The monoisotopic (exact) mass is 334 g/mol. The van der Waals surface area contributed by atoms with Crippen molar-refractivity contribution in [1.29, 1.82) is 0 Å². The van der Waals surface area contributed by atoms with Crippen LogP contribution in [0.5, 0.6) is 0 Å². The number of benzene rings is 2. The predicted molar refractivity (Wildman–Crippen MR) is 88.4 cm³/mol. The van der Waals surface area contributed by atoms with Crippen LogP contribution in [0.3, 0.4) is 0 Å². The van der Waals surface area contributed by atoms with E-state index in [1.807, 2.05) is 65.6 Å². The van der Waals surface area contributed by atoms with Crippen LogP contribution in [0.2, 0.25) is 0 Å². The molecule has 0 N–H and O–H groups in total. The molecule has 1 unspecified atom stereocenters. The third-order valence-corrected chi connectivity index (χ3v) is 4.43. The summed E-state index contributed by atoms with van der Waals surface area (Å²) in [6.45, 7) is 1.99. The van der Waals surface area contributed by atoms with Crippen molar-refractivity contribution in [2.75, 3.05) is 19.6 Å². The van der Waals surface area contributed by atoms with E-state index < -0.39 is 12.2 Å². The maximum absolute atomic E-state index is 13.5. The van der Waals surface area contributed by atoms with Gasteiger partial charge in [0.25, 0.3) is 0 Å². The highest BCUT2D eigenvalue weighted by Crippen LogP contribution is 2.29. The highest BCUT2D eigenvalue weighted by Gasteiger charge is 2.46. The zero-order valence-corrected chi connectivity index (χ0v) is 13.4. The largest absolute Gasteiger partial charge is 0.405 e. The van der Waals surface area contributed by atoms with Crippen molar-refractivity contribution in [3.63, 3.8) is 0 Å². The molecule has 24 heavy (non-hydrogen) atoms. The Morgan fingerprint density at radius 1 is 0.792 bits per heavy atom. The fourth-order valence-corrected chi connectivity index (χ4v) is 3.18. The van der Waals surface area contributed by atoms with E-state index in [-0.39, 0.29) is 6.54 Å². The lowest BCUT2D eigenvalue weighted by atomic mass is 10.1. The first-order valence-electron chi connectivity index (χ1n) is 8.13. The van der Waals surface area contributed by atoms with E-state index in [9.17, 15) is 13.2 Å². The van der Waals surface area contributed by atoms with Gasteiger partial charge in [-0.2, -0.15) is 13.2 Å². The molecule has 2 nitrogen and oxygen atoms in total. The fourth-order valence-electron chi connectivity index (χ4n) is 3.18. The van der Waals surface area contributed by atoms with Gasteiger partial charge in [0.05, 0.1) is 0 Å². The van der Waals surface area contributed by atoms with E-state index >= 15 is 0 Å². The van der Waals surface area contributed by atoms with E-state index in [2.05, 4.69) is 0 Å². The van der Waals surface area contributed by atoms with Gasteiger partial charge in [0.2, 0.25) is 0 Å². The zero-order chi connectivity index (χ0) is 17.0. The standard InChI is InChI=1S/C19H21F3N2/c20-19(21,22)18-15-23(13-16-7-3-1-4-8-16)11-12-24(18)14-17-9-5-2-6-10-17/h1-10,18H,11-15H2. The normalized spacial score (nSPS) is 20.2. The highest BCUT2D eigenvalue weighted by atomic mass is 19.4. The van der Waals surface area contributed by atoms with Gasteiger partial charge < -0.3 is 0 Å². The van der Waals surface area contributed by atoms with Crippen LogP contribution in [0.15, 0.2) is 60.7 Å². The number of halogens is 3. The summed E-state index contributed by atoms with van der Waals surface area (Å²) in [5.41, 5.74) is 1.97. The summed E-state index contributed by atoms with van der Waals surface area (Å²) in [5.74, 6) is 0. The van der Waals surface area contributed by atoms with Gasteiger partial charge in [-0.15, -0.1) is 0 Å². The molecule has 1 fully saturated rings. The maximum atomic E-state index is 13.5. The molecule has 1 aliphatic rings. The molecule has 0 bridgehead atoms. The van der Waals surface area contributed by atoms with Crippen LogP contribution in [0.25, 0.3) is 0 Å². The molecule has 0 saturated carbocycles. The Bertz CT molecular complexity index is 628. The van der Waals surface area contributed by atoms with Gasteiger partial charge in [0, 0.05) is 32.7 Å². The Kier molecular flexibility index (Phi) is 5.21. The minimum absolute atomic E-state index is 0.0191. The molecule has 0 spiro atoms. The van der Waals surface area contributed by atoms with Crippen LogP contribution in [0.1, 0.15) is 11.1 Å². The molecule has 0 aromatic heterocycles. The quantitative estimate of drug-likeness (QED) is 0.836. The smallest absolute Gasteiger partial charge is 0.296 e. The molecule has 2 aromatic rings. The first kappa shape index (κ1) is 17.0. The van der Waals surface area contributed by atoms with Crippen molar-refractivity contribution in [3.05, 3.63) is 71.8 Å². The van der Waals surface area contributed by atoms with Crippen LogP contribution < -0.4 is 0 Å². The van der Waals surface area contributed by atoms with Gasteiger partial charge in [0.15, 0.2) is 0 Å². The Labute approximate surface area is 140 Å². The van der Waals surface area contributed by atoms with E-state index in [1.54, 1.807) is 4.90 Å². The number of hydrogen-bond acceptors (Lipinski definition) is 2. The second-order valence-corrected chi connectivity index (χ2v) is 6.23. The lowest BCUT2D eigenvalue weighted by Gasteiger charge is -2.42. The Balaban J connectivity index is 1.69. The minimum atomic E-state index is -4.22. The average Bonchev–Trinajstić information content (AvgIpc) is 2.57. The molecule has 128 valence electrons. The summed E-state index contributed by atoms with van der Waals surface area (Å²) in [6, 6.07) is 17.6. The van der Waals surface area contributed by atoms with Crippen LogP contribution in [-0.2, 0) is 13.1 Å². The number of hydrogen-bond donors (Lipinski definition) is 0. The van der Waals surface area contributed by atoms with Gasteiger partial charge in [-0.1, -0.05) is 60.7 Å². The van der Waals surface area contributed by atoms with Crippen molar-refractivity contribution in [2.24, 2.45) is 0 Å². The Morgan fingerprint density at radius 3 is 1.88 bits per heavy atom. The minimum Gasteiger partial charge on any atom is -0.296 e. The molecule has 0 aliphatic carbocycles. The summed E-state index contributed by atoms with van der Waals surface area (Å²) >= 11 is 0. The molecular formula is C19H21F3N2. The number of rotatable bonds is 4. The molecule has 2 aromatic carbocycles. The van der Waals surface area contributed by atoms with Crippen LogP contribution in [-0.4, -0.2) is 41.7 Å². The molecule has 1 aliphatic heterocycles. The maximum Gasteiger partial charge on any atom is 0.405 e. The van der Waals surface area contributed by atoms with Crippen molar-refractivity contribution in [1.82, 2.24) is 9.80 Å². The molecular weight excluding hydrogens is 313 g/mol. The third-order valence-electron chi connectivity index (χ3n) is 4.43. The van der Waals surface area contributed by atoms with Crippen LogP contribution >= 0.6 is 0 Å². The molecule has 0 radical (unpaired) electrons. The fraction of sp³-hybridized carbons (Fsp3) is 0.368. The molecule has 3 rings (SSSR count). The van der Waals surface area contributed by atoms with E-state index in [4.69, 9.17) is 0 Å². The molecule has 5 heteroatoms. The first-order chi connectivity index (χ1) is 11.5. The molecule has 0 amide bonds. The van der Waals surface area contributed by atoms with Crippen molar-refractivity contribution in [2.45, 2.75) is 25.3 Å². The van der Waals surface area contributed by atoms with Gasteiger partial charge in [-0.25, -0.2) is 0 Å². The number of piperazine rings is 1. The molecule has 1 saturated heterocycles. The van der Waals surface area contributed by atoms with Gasteiger partial charge in [0.1, 0.15) is 6.04 Å². The van der Waals surface area contributed by atoms with Crippen molar-refractivity contribution in [3.8, 4) is 0 Å². The van der Waals surface area contributed by atoms with Gasteiger partial charge >= 0.3 is 6.18 Å². The second-order valence-electron chi connectivity index (χ2n) is 6.23. The molecule has 1 heterocycles. The Morgan fingerprint density at radius 2 is 1.33 bits per heavy atom. The van der Waals surface area contributed by atoms with Gasteiger partial charge in [-0.3, -0.25) is 9.80 Å². The third kappa shape index (κ3) is 4.36. The summed E-state index contributed by atoms with van der Waals surface area (Å²) in [7, 11) is 0. The van der Waals surface area contributed by atoms with Gasteiger partial charge in [-0.05, 0) is 11.1 Å². The summed E-state index contributed by atoms with van der Waals surface area (Å²) in [5, 5.41) is 0. The SMILES string of the molecule is FC(F)(F)C1CN(Cc2ccccc2)CCN1Cc1ccccc1. The predicted octanol–water partition coefficient (Wildman–Crippen LogP) is 3.94. The van der Waals surface area contributed by atoms with E-state index in [0.29, 0.717) is 26.2 Å². The van der Waals surface area contributed by atoms with Crippen molar-refractivity contribution < 1.29 is 13.2 Å². The summed E-state index contributed by atoms with van der Waals surface area (Å²) in [4.78, 5) is 3.45. The highest BCUT2D eigenvalue weighted by molar-refractivity contribution is 5.16. The molecule has 1 atom stereocenters. The zero-order valence-electron chi connectivity index (χ0n) is 13.4. The van der Waals surface area contributed by atoms with E-state index in [1.165, 1.54) is 0 Å². The lowest BCUT2D eigenvalue weighted by Crippen LogP contribution is -2.58. The van der Waals surface area contributed by atoms with Crippen molar-refractivity contribution >= 4 is 0 Å². The second kappa shape index (κ2) is 7.36. The topological polar surface area (TPSA) is 6.48 Å². The van der Waals surface area contributed by atoms with Crippen LogP contribution in [0, 0.1) is 0 Å². The average molecular weight is 334 g/mol. The summed E-state index contributed by atoms with van der Waals surface area (Å²) < 4.78 is 40.6. The van der Waals surface area contributed by atoms with Crippen LogP contribution in [0.4, 0.5) is 13.2 Å². The summed E-state index contributed by atoms with van der Waals surface area (Å²) in [6.07, 6.45) is -4.22. The number of nitrogens with zero attached hydrogens (tertiary/aromatic N) is 2.